The number of halogens is 1. The zero-order chi connectivity index (χ0) is 14.7. The lowest BCUT2D eigenvalue weighted by atomic mass is 10.1. The summed E-state index contributed by atoms with van der Waals surface area (Å²) in [5.74, 6) is -0.135. The molecule has 1 saturated carbocycles. The van der Waals surface area contributed by atoms with Gasteiger partial charge in [0.05, 0.1) is 0 Å². The number of thioether (sulfide) groups is 1. The topological polar surface area (TPSA) is 12.0 Å². The molecule has 4 heteroatoms. The molecule has 2 atom stereocenters. The molecule has 1 aromatic heterocycles. The van der Waals surface area contributed by atoms with Gasteiger partial charge in [-0.1, -0.05) is 18.6 Å². The largest absolute Gasteiger partial charge is 0.309 e. The molecule has 1 fully saturated rings. The first kappa shape index (κ1) is 15.1. The molecule has 112 valence electrons. The first-order chi connectivity index (χ1) is 10.3. The van der Waals surface area contributed by atoms with Crippen LogP contribution >= 0.6 is 23.1 Å². The summed E-state index contributed by atoms with van der Waals surface area (Å²) in [7, 11) is 0. The summed E-state index contributed by atoms with van der Waals surface area (Å²) in [5, 5.41) is 6.36. The van der Waals surface area contributed by atoms with E-state index in [9.17, 15) is 4.39 Å². The Balaban J connectivity index is 1.70. The third kappa shape index (κ3) is 3.50. The predicted molar refractivity (Wildman–Crippen MR) is 91.5 cm³/mol. The summed E-state index contributed by atoms with van der Waals surface area (Å²) in [6.07, 6.45) is 6.07. The molecule has 0 bridgehead atoms. The minimum Gasteiger partial charge on any atom is -0.309 e. The number of nitrogens with one attached hydrogen (secondary N) is 1. The number of rotatable bonds is 5. The number of thiophene rings is 1. The molecule has 1 aromatic carbocycles. The van der Waals surface area contributed by atoms with Crippen LogP contribution in [0.5, 0.6) is 0 Å². The molecule has 21 heavy (non-hydrogen) atoms. The third-order valence-corrected chi connectivity index (χ3v) is 6.21. The number of hydrogen-bond donors (Lipinski definition) is 1. The maximum Gasteiger partial charge on any atom is 0.131 e. The highest BCUT2D eigenvalue weighted by Gasteiger charge is 2.25. The van der Waals surface area contributed by atoms with Gasteiger partial charge in [-0.15, -0.1) is 11.3 Å². The van der Waals surface area contributed by atoms with Gasteiger partial charge in [-0.25, -0.2) is 4.39 Å². The second-order valence-corrected chi connectivity index (χ2v) is 7.51. The predicted octanol–water partition coefficient (Wildman–Crippen LogP) is 4.93. The van der Waals surface area contributed by atoms with Gasteiger partial charge in [0.25, 0.3) is 0 Å². The Morgan fingerprint density at radius 1 is 1.33 bits per heavy atom. The Morgan fingerprint density at radius 3 is 3.00 bits per heavy atom. The monoisotopic (exact) mass is 321 g/mol. The molecule has 1 heterocycles. The van der Waals surface area contributed by atoms with Crippen LogP contribution in [0.2, 0.25) is 0 Å². The molecule has 1 aliphatic rings. The fraction of sp³-hybridized carbons (Fsp3) is 0.412. The van der Waals surface area contributed by atoms with E-state index in [0.717, 1.165) is 27.8 Å². The van der Waals surface area contributed by atoms with E-state index in [-0.39, 0.29) is 5.82 Å². The van der Waals surface area contributed by atoms with Crippen molar-refractivity contribution in [1.82, 2.24) is 5.32 Å². The van der Waals surface area contributed by atoms with Gasteiger partial charge in [-0.05, 0) is 48.2 Å². The summed E-state index contributed by atoms with van der Waals surface area (Å²) < 4.78 is 14.0. The number of hydrogen-bond acceptors (Lipinski definition) is 3. The Hall–Kier alpha value is -0.840. The molecule has 0 amide bonds. The van der Waals surface area contributed by atoms with Crippen LogP contribution in [-0.4, -0.2) is 17.5 Å². The van der Waals surface area contributed by atoms with E-state index in [1.54, 1.807) is 17.4 Å². The van der Waals surface area contributed by atoms with E-state index in [1.165, 1.54) is 19.3 Å². The van der Waals surface area contributed by atoms with Gasteiger partial charge in [0.15, 0.2) is 0 Å². The van der Waals surface area contributed by atoms with Crippen molar-refractivity contribution in [2.45, 2.75) is 37.1 Å². The molecule has 0 spiro atoms. The summed E-state index contributed by atoms with van der Waals surface area (Å²) in [4.78, 5) is 0.997. The lowest BCUT2D eigenvalue weighted by Crippen LogP contribution is -2.33. The normalized spacial score (nSPS) is 21.8. The maximum atomic E-state index is 14.0. The van der Waals surface area contributed by atoms with Crippen molar-refractivity contribution in [3.63, 3.8) is 0 Å². The van der Waals surface area contributed by atoms with Crippen LogP contribution in [0.4, 0.5) is 4.39 Å². The quantitative estimate of drug-likeness (QED) is 0.838. The molecule has 2 aromatic rings. The Bertz CT molecular complexity index is 582. The van der Waals surface area contributed by atoms with E-state index in [2.05, 4.69) is 11.6 Å². The zero-order valence-electron chi connectivity index (χ0n) is 12.1. The van der Waals surface area contributed by atoms with Crippen molar-refractivity contribution in [2.75, 3.05) is 6.26 Å². The average molecular weight is 321 g/mol. The van der Waals surface area contributed by atoms with Gasteiger partial charge in [-0.3, -0.25) is 0 Å². The van der Waals surface area contributed by atoms with Gasteiger partial charge in [0.2, 0.25) is 0 Å². The van der Waals surface area contributed by atoms with Gasteiger partial charge in [-0.2, -0.15) is 11.8 Å². The van der Waals surface area contributed by atoms with Gasteiger partial charge in [0.1, 0.15) is 5.82 Å². The van der Waals surface area contributed by atoms with E-state index in [1.807, 2.05) is 41.4 Å². The van der Waals surface area contributed by atoms with Gasteiger partial charge < -0.3 is 5.32 Å². The molecular formula is C17H20FNS2. The second kappa shape index (κ2) is 6.95. The molecule has 1 aliphatic carbocycles. The minimum absolute atomic E-state index is 0.135. The van der Waals surface area contributed by atoms with E-state index in [4.69, 9.17) is 0 Å². The SMILES string of the molecule is CSC1CCCC1NCc1ccc(F)c(-c2cccs2)c1. The van der Waals surface area contributed by atoms with Crippen LogP contribution < -0.4 is 5.32 Å². The van der Waals surface area contributed by atoms with E-state index < -0.39 is 0 Å². The van der Waals surface area contributed by atoms with Crippen LogP contribution in [0.25, 0.3) is 10.4 Å². The highest BCUT2D eigenvalue weighted by Crippen LogP contribution is 2.30. The summed E-state index contributed by atoms with van der Waals surface area (Å²) in [6.45, 7) is 0.820. The molecule has 0 aliphatic heterocycles. The van der Waals surface area contributed by atoms with Crippen molar-refractivity contribution in [1.29, 1.82) is 0 Å². The van der Waals surface area contributed by atoms with Gasteiger partial charge >= 0.3 is 0 Å². The summed E-state index contributed by atoms with van der Waals surface area (Å²) in [6, 6.07) is 10.00. The fourth-order valence-corrected chi connectivity index (χ4v) is 4.70. The summed E-state index contributed by atoms with van der Waals surface area (Å²) in [5.41, 5.74) is 1.88. The highest BCUT2D eigenvalue weighted by molar-refractivity contribution is 7.99. The molecule has 1 N–H and O–H groups in total. The zero-order valence-corrected chi connectivity index (χ0v) is 13.8. The minimum atomic E-state index is -0.135. The van der Waals surface area contributed by atoms with Crippen molar-refractivity contribution >= 4 is 23.1 Å². The summed E-state index contributed by atoms with van der Waals surface area (Å²) >= 11 is 3.54. The molecule has 0 saturated heterocycles. The van der Waals surface area contributed by atoms with Crippen LogP contribution in [0.1, 0.15) is 24.8 Å². The molecular weight excluding hydrogens is 301 g/mol. The van der Waals surface area contributed by atoms with Crippen molar-refractivity contribution < 1.29 is 4.39 Å². The average Bonchev–Trinajstić information content (AvgIpc) is 3.17. The van der Waals surface area contributed by atoms with Crippen molar-refractivity contribution in [3.8, 4) is 10.4 Å². The first-order valence-corrected chi connectivity index (χ1v) is 9.53. The third-order valence-electron chi connectivity index (χ3n) is 4.14. The first-order valence-electron chi connectivity index (χ1n) is 7.36. The number of benzene rings is 1. The standard InChI is InChI=1S/C17H20FNS2/c1-20-17-5-2-4-15(17)19-11-12-7-8-14(18)13(10-12)16-6-3-9-21-16/h3,6-10,15,17,19H,2,4-5,11H2,1H3. The van der Waals surface area contributed by atoms with Crippen molar-refractivity contribution in [3.05, 3.63) is 47.1 Å². The van der Waals surface area contributed by atoms with Crippen LogP contribution in [-0.2, 0) is 6.54 Å². The van der Waals surface area contributed by atoms with E-state index >= 15 is 0 Å². The maximum absolute atomic E-state index is 14.0. The molecule has 1 nitrogen and oxygen atoms in total. The molecule has 0 radical (unpaired) electrons. The Kier molecular flexibility index (Phi) is 4.99. The Morgan fingerprint density at radius 2 is 2.24 bits per heavy atom. The smallest absolute Gasteiger partial charge is 0.131 e. The molecule has 3 rings (SSSR count). The van der Waals surface area contributed by atoms with Crippen LogP contribution in [0.15, 0.2) is 35.7 Å². The second-order valence-electron chi connectivity index (χ2n) is 5.48. The van der Waals surface area contributed by atoms with E-state index in [0.29, 0.717) is 6.04 Å². The van der Waals surface area contributed by atoms with Crippen molar-refractivity contribution in [2.24, 2.45) is 0 Å². The van der Waals surface area contributed by atoms with Crippen LogP contribution in [0, 0.1) is 5.82 Å². The fourth-order valence-electron chi connectivity index (χ4n) is 2.99. The highest BCUT2D eigenvalue weighted by atomic mass is 32.2. The van der Waals surface area contributed by atoms with Crippen LogP contribution in [0.3, 0.4) is 0 Å². The molecule has 2 unspecified atom stereocenters. The lowest BCUT2D eigenvalue weighted by molar-refractivity contribution is 0.532. The lowest BCUT2D eigenvalue weighted by Gasteiger charge is -2.19. The Labute approximate surface area is 134 Å². The van der Waals surface area contributed by atoms with Gasteiger partial charge in [0, 0.05) is 28.3 Å².